The predicted molar refractivity (Wildman–Crippen MR) is 73.4 cm³/mol. The lowest BCUT2D eigenvalue weighted by atomic mass is 10.00. The van der Waals surface area contributed by atoms with E-state index in [2.05, 4.69) is 9.80 Å². The van der Waals surface area contributed by atoms with Gasteiger partial charge in [-0.1, -0.05) is 6.42 Å². The Morgan fingerprint density at radius 1 is 1.12 bits per heavy atom. The molecule has 0 saturated carbocycles. The van der Waals surface area contributed by atoms with Crippen LogP contribution in [-0.2, 0) is 4.79 Å². The maximum Gasteiger partial charge on any atom is 0.232 e. The average Bonchev–Trinajstić information content (AvgIpc) is 2.40. The molecular formula is C13H24N2OS. The number of hydrogen-bond donors (Lipinski definition) is 0. The maximum atomic E-state index is 11.8. The molecule has 2 saturated heterocycles. The summed E-state index contributed by atoms with van der Waals surface area (Å²) in [6.45, 7) is 4.51. The van der Waals surface area contributed by atoms with E-state index >= 15 is 0 Å². The fourth-order valence-corrected chi connectivity index (χ4v) is 3.41. The molecule has 0 unspecified atom stereocenters. The van der Waals surface area contributed by atoms with Gasteiger partial charge in [-0.15, -0.1) is 0 Å². The molecule has 0 radical (unpaired) electrons. The zero-order valence-electron chi connectivity index (χ0n) is 10.9. The van der Waals surface area contributed by atoms with Crippen LogP contribution in [0.5, 0.6) is 0 Å². The zero-order valence-corrected chi connectivity index (χ0v) is 11.7. The van der Waals surface area contributed by atoms with Crippen LogP contribution in [-0.4, -0.2) is 59.9 Å². The van der Waals surface area contributed by atoms with Crippen molar-refractivity contribution in [1.82, 2.24) is 9.80 Å². The van der Waals surface area contributed by atoms with Gasteiger partial charge in [0.05, 0.1) is 5.75 Å². The van der Waals surface area contributed by atoms with Gasteiger partial charge < -0.3 is 9.80 Å². The van der Waals surface area contributed by atoms with Gasteiger partial charge in [0.15, 0.2) is 0 Å². The van der Waals surface area contributed by atoms with Gasteiger partial charge in [0.1, 0.15) is 0 Å². The normalized spacial score (nSPS) is 23.9. The van der Waals surface area contributed by atoms with Gasteiger partial charge in [0, 0.05) is 19.1 Å². The first-order valence-corrected chi connectivity index (χ1v) is 8.21. The molecule has 2 heterocycles. The van der Waals surface area contributed by atoms with Crippen LogP contribution in [0, 0.1) is 0 Å². The van der Waals surface area contributed by atoms with Crippen molar-refractivity contribution in [3.05, 3.63) is 0 Å². The first kappa shape index (κ1) is 13.2. The van der Waals surface area contributed by atoms with Gasteiger partial charge in [0.2, 0.25) is 5.91 Å². The van der Waals surface area contributed by atoms with Gasteiger partial charge in [-0.2, -0.15) is 11.8 Å². The molecule has 98 valence electrons. The van der Waals surface area contributed by atoms with Crippen LogP contribution in [0.4, 0.5) is 0 Å². The second-order valence-corrected chi connectivity index (χ2v) is 6.01. The molecule has 0 aromatic heterocycles. The van der Waals surface area contributed by atoms with Crippen molar-refractivity contribution in [2.75, 3.05) is 38.2 Å². The van der Waals surface area contributed by atoms with Crippen molar-refractivity contribution in [2.24, 2.45) is 0 Å². The molecule has 4 heteroatoms. The molecule has 0 aliphatic carbocycles. The largest absolute Gasteiger partial charge is 0.342 e. The third-order valence-corrected chi connectivity index (χ3v) is 4.53. The summed E-state index contributed by atoms with van der Waals surface area (Å²) in [6.07, 6.45) is 8.50. The second-order valence-electron chi connectivity index (χ2n) is 5.14. The van der Waals surface area contributed by atoms with Gasteiger partial charge in [0.25, 0.3) is 0 Å². The Balaban J connectivity index is 1.75. The number of hydrogen-bond acceptors (Lipinski definition) is 3. The lowest BCUT2D eigenvalue weighted by molar-refractivity contribution is -0.129. The summed E-state index contributed by atoms with van der Waals surface area (Å²) in [7, 11) is 0. The Morgan fingerprint density at radius 3 is 2.35 bits per heavy atom. The van der Waals surface area contributed by atoms with Crippen molar-refractivity contribution in [3.63, 3.8) is 0 Å². The predicted octanol–water partition coefficient (Wildman–Crippen LogP) is 1.83. The third-order valence-electron chi connectivity index (χ3n) is 3.99. The quantitative estimate of drug-likeness (QED) is 0.769. The number of amides is 1. The Hall–Kier alpha value is -0.220. The average molecular weight is 256 g/mol. The molecule has 3 nitrogen and oxygen atoms in total. The number of likely N-dealkylation sites (tertiary alicyclic amines) is 2. The van der Waals surface area contributed by atoms with E-state index in [1.54, 1.807) is 11.8 Å². The van der Waals surface area contributed by atoms with Crippen LogP contribution >= 0.6 is 11.8 Å². The highest BCUT2D eigenvalue weighted by atomic mass is 32.2. The molecule has 0 bridgehead atoms. The van der Waals surface area contributed by atoms with Crippen molar-refractivity contribution in [1.29, 1.82) is 0 Å². The smallest absolute Gasteiger partial charge is 0.232 e. The van der Waals surface area contributed by atoms with Crippen LogP contribution in [0.1, 0.15) is 32.1 Å². The van der Waals surface area contributed by atoms with E-state index in [4.69, 9.17) is 0 Å². The molecule has 17 heavy (non-hydrogen) atoms. The molecule has 0 N–H and O–H groups in total. The molecule has 0 aromatic carbocycles. The minimum Gasteiger partial charge on any atom is -0.342 e. The maximum absolute atomic E-state index is 11.8. The SMILES string of the molecule is CSCC(=O)N1CCC(N2CCCCC2)CC1. The van der Waals surface area contributed by atoms with Crippen molar-refractivity contribution in [2.45, 2.75) is 38.1 Å². The van der Waals surface area contributed by atoms with E-state index < -0.39 is 0 Å². The highest BCUT2D eigenvalue weighted by Crippen LogP contribution is 2.21. The monoisotopic (exact) mass is 256 g/mol. The number of piperidine rings is 2. The molecule has 2 aliphatic rings. The van der Waals surface area contributed by atoms with E-state index in [9.17, 15) is 4.79 Å². The van der Waals surface area contributed by atoms with Crippen LogP contribution in [0.15, 0.2) is 0 Å². The fraction of sp³-hybridized carbons (Fsp3) is 0.923. The highest BCUT2D eigenvalue weighted by Gasteiger charge is 2.27. The van der Waals surface area contributed by atoms with Crippen LogP contribution in [0.25, 0.3) is 0 Å². The number of thioether (sulfide) groups is 1. The Kier molecular flexibility index (Phi) is 5.16. The Morgan fingerprint density at radius 2 is 1.76 bits per heavy atom. The molecule has 0 atom stereocenters. The van der Waals surface area contributed by atoms with E-state index in [1.165, 1.54) is 45.2 Å². The zero-order chi connectivity index (χ0) is 12.1. The molecule has 2 aliphatic heterocycles. The van der Waals surface area contributed by atoms with E-state index in [-0.39, 0.29) is 0 Å². The number of rotatable bonds is 3. The Labute approximate surface area is 109 Å². The minimum atomic E-state index is 0.328. The van der Waals surface area contributed by atoms with Gasteiger partial charge in [-0.3, -0.25) is 4.79 Å². The summed E-state index contributed by atoms with van der Waals surface area (Å²) in [6, 6.07) is 0.744. The number of carbonyl (C=O) groups is 1. The lowest BCUT2D eigenvalue weighted by Gasteiger charge is -2.40. The van der Waals surface area contributed by atoms with Gasteiger partial charge >= 0.3 is 0 Å². The molecule has 1 amide bonds. The minimum absolute atomic E-state index is 0.328. The molecule has 0 spiro atoms. The van der Waals surface area contributed by atoms with Crippen LogP contribution < -0.4 is 0 Å². The summed E-state index contributed by atoms with van der Waals surface area (Å²) < 4.78 is 0. The fourth-order valence-electron chi connectivity index (χ4n) is 2.98. The van der Waals surface area contributed by atoms with Crippen LogP contribution in [0.2, 0.25) is 0 Å². The van der Waals surface area contributed by atoms with Crippen LogP contribution in [0.3, 0.4) is 0 Å². The van der Waals surface area contributed by atoms with E-state index in [1.807, 2.05) is 6.26 Å². The Bertz CT molecular complexity index is 246. The molecule has 2 fully saturated rings. The second kappa shape index (κ2) is 6.64. The number of nitrogens with zero attached hydrogens (tertiary/aromatic N) is 2. The summed E-state index contributed by atoms with van der Waals surface area (Å²) in [5, 5.41) is 0. The molecule has 0 aromatic rings. The van der Waals surface area contributed by atoms with Crippen molar-refractivity contribution < 1.29 is 4.79 Å². The standard InChI is InChI=1S/C13H24N2OS/c1-17-11-13(16)15-9-5-12(6-10-15)14-7-3-2-4-8-14/h12H,2-11H2,1H3. The third kappa shape index (κ3) is 3.62. The van der Waals surface area contributed by atoms with Crippen molar-refractivity contribution >= 4 is 17.7 Å². The molecule has 2 rings (SSSR count). The summed E-state index contributed by atoms with van der Waals surface area (Å²) in [5.41, 5.74) is 0. The topological polar surface area (TPSA) is 23.6 Å². The first-order valence-electron chi connectivity index (χ1n) is 6.82. The van der Waals surface area contributed by atoms with Crippen molar-refractivity contribution in [3.8, 4) is 0 Å². The first-order chi connectivity index (χ1) is 8.31. The highest BCUT2D eigenvalue weighted by molar-refractivity contribution is 7.99. The lowest BCUT2D eigenvalue weighted by Crippen LogP contribution is -2.48. The number of carbonyl (C=O) groups excluding carboxylic acids is 1. The molecular weight excluding hydrogens is 232 g/mol. The van der Waals surface area contributed by atoms with E-state index in [0.29, 0.717) is 11.7 Å². The summed E-state index contributed by atoms with van der Waals surface area (Å²) >= 11 is 1.63. The van der Waals surface area contributed by atoms with Gasteiger partial charge in [-0.25, -0.2) is 0 Å². The van der Waals surface area contributed by atoms with E-state index in [0.717, 1.165) is 19.1 Å². The summed E-state index contributed by atoms with van der Waals surface area (Å²) in [4.78, 5) is 16.5. The van der Waals surface area contributed by atoms with Gasteiger partial charge in [-0.05, 0) is 45.0 Å². The summed E-state index contributed by atoms with van der Waals surface area (Å²) in [5.74, 6) is 0.976.